The van der Waals surface area contributed by atoms with E-state index in [9.17, 15) is 9.90 Å². The summed E-state index contributed by atoms with van der Waals surface area (Å²) in [4.78, 5) is 16.7. The molecule has 1 spiro atoms. The van der Waals surface area contributed by atoms with Crippen molar-refractivity contribution in [3.05, 3.63) is 347 Å². The normalized spacial score (nSPS) is 25.5. The SMILES string of the molecule is O=C1N(c2ccccc2)[C@H](c2ccc(S(=O)(=O)C[C@@H]3OC(COCc4ccccc4)[C@@H](O[C@@H]4OC(COCc5ccccc5)[C@H](OCc5ccccc5)[C@@H](OCc5ccccc5)C4OCc4ccccc4)[C@@H](OCc4ccccc4)C3OCc3ccccc3)cc2)C12CCC(O)(c1ccccc1)CC2. The molecule has 14 rings (SSSR count). The van der Waals surface area contributed by atoms with Crippen molar-refractivity contribution in [3.63, 3.8) is 0 Å². The molecular formula is C88H89NO14S. The van der Waals surface area contributed by atoms with Crippen molar-refractivity contribution < 1.29 is 65.7 Å². The van der Waals surface area contributed by atoms with Crippen molar-refractivity contribution in [3.8, 4) is 0 Å². The molecule has 1 aliphatic carbocycles. The molecule has 536 valence electrons. The standard InChI is InChI=1S/C88H89NO14S/c90-86-87(50-52-88(91,53-51-87)72-42-24-8-25-43-72)84(89(86)73-44-26-9-27-45-73)71-46-48-74(49-47-71)104(92,93)63-77-79(97-57-67-34-16-4-17-35-67)81(98-58-68-36-18-5-19-37-68)80(76(101-77)62-95-55-65-30-12-2-13-31-65)103-85-83(100-60-70-40-22-7-23-41-70)82(99-59-69-38-20-6-21-39-69)78(96-56-66-32-14-3-15-33-66)75(102-85)61-94-54-64-28-10-1-11-29-64/h1-49,75-85,91H,50-63H2/t75?,76?,77-,78-,79?,80+,81-,82+,83?,84+,85-,87?,88?/m0/s1. The van der Waals surface area contributed by atoms with Gasteiger partial charge in [0.05, 0.1) is 87.2 Å². The average Bonchev–Trinajstić information content (AvgIpc) is 0.696. The highest BCUT2D eigenvalue weighted by Crippen LogP contribution is 2.61. The quantitative estimate of drug-likeness (QED) is 0.0408. The van der Waals surface area contributed by atoms with E-state index in [2.05, 4.69) is 0 Å². The lowest BCUT2D eigenvalue weighted by Gasteiger charge is -2.59. The molecule has 1 amide bonds. The fraction of sp³-hybridized carbons (Fsp3) is 0.307. The highest BCUT2D eigenvalue weighted by molar-refractivity contribution is 7.91. The summed E-state index contributed by atoms with van der Waals surface area (Å²) in [5.74, 6) is -0.561. The molecule has 10 aromatic carbocycles. The van der Waals surface area contributed by atoms with E-state index in [1.54, 1.807) is 12.1 Å². The number of hydrogen-bond acceptors (Lipinski definition) is 14. The highest BCUT2D eigenvalue weighted by Gasteiger charge is 2.64. The topological polar surface area (TPSA) is 167 Å². The van der Waals surface area contributed by atoms with Gasteiger partial charge in [-0.05, 0) is 100 Å². The maximum Gasteiger partial charge on any atom is 0.236 e. The van der Waals surface area contributed by atoms with Gasteiger partial charge >= 0.3 is 0 Å². The van der Waals surface area contributed by atoms with Crippen molar-refractivity contribution in [1.29, 1.82) is 0 Å². The number of hydrogen-bond donors (Lipinski definition) is 1. The summed E-state index contributed by atoms with van der Waals surface area (Å²) in [5, 5.41) is 12.1. The van der Waals surface area contributed by atoms with Crippen LogP contribution in [0.1, 0.15) is 81.8 Å². The van der Waals surface area contributed by atoms with Gasteiger partial charge in [-0.25, -0.2) is 8.42 Å². The molecule has 4 aliphatic rings. The van der Waals surface area contributed by atoms with Gasteiger partial charge in [0.2, 0.25) is 5.91 Å². The van der Waals surface area contributed by atoms with Crippen LogP contribution in [0.3, 0.4) is 0 Å². The van der Waals surface area contributed by atoms with Gasteiger partial charge in [0.25, 0.3) is 0 Å². The van der Waals surface area contributed by atoms with Gasteiger partial charge in [0, 0.05) is 5.69 Å². The van der Waals surface area contributed by atoms with E-state index in [4.69, 9.17) is 47.4 Å². The zero-order chi connectivity index (χ0) is 71.0. The molecule has 1 N–H and O–H groups in total. The third kappa shape index (κ3) is 17.4. The summed E-state index contributed by atoms with van der Waals surface area (Å²) in [6, 6.07) is 94.8. The lowest BCUT2D eigenvalue weighted by Crippen LogP contribution is -2.66. The minimum Gasteiger partial charge on any atom is -0.385 e. The van der Waals surface area contributed by atoms with Gasteiger partial charge in [0.1, 0.15) is 54.9 Å². The summed E-state index contributed by atoms with van der Waals surface area (Å²) in [7, 11) is -4.28. The van der Waals surface area contributed by atoms with Crippen LogP contribution in [0.15, 0.2) is 302 Å². The molecule has 0 aromatic heterocycles. The Bertz CT molecular complexity index is 4360. The van der Waals surface area contributed by atoms with Crippen LogP contribution in [0, 0.1) is 5.41 Å². The van der Waals surface area contributed by atoms with Crippen LogP contribution in [-0.2, 0) is 114 Å². The van der Waals surface area contributed by atoms with Crippen molar-refractivity contribution >= 4 is 21.4 Å². The minimum absolute atomic E-state index is 0.0173. The van der Waals surface area contributed by atoms with Gasteiger partial charge in [-0.2, -0.15) is 0 Å². The Morgan fingerprint density at radius 2 is 0.721 bits per heavy atom. The van der Waals surface area contributed by atoms with Crippen LogP contribution < -0.4 is 4.90 Å². The van der Waals surface area contributed by atoms with Gasteiger partial charge in [-0.15, -0.1) is 0 Å². The first-order valence-corrected chi connectivity index (χ1v) is 37.7. The number of anilines is 1. The van der Waals surface area contributed by atoms with E-state index < -0.39 is 93.9 Å². The maximum atomic E-state index is 15.7. The molecule has 104 heavy (non-hydrogen) atoms. The molecule has 1 saturated carbocycles. The summed E-state index contributed by atoms with van der Waals surface area (Å²) < 4.78 is 103. The number of para-hydroxylation sites is 1. The second-order valence-electron chi connectivity index (χ2n) is 27.5. The third-order valence-corrected chi connectivity index (χ3v) is 22.3. The molecule has 15 nitrogen and oxygen atoms in total. The fourth-order valence-corrected chi connectivity index (χ4v) is 16.5. The number of benzene rings is 10. The van der Waals surface area contributed by atoms with E-state index in [1.165, 1.54) is 0 Å². The Hall–Kier alpha value is -8.82. The fourth-order valence-electron chi connectivity index (χ4n) is 15.0. The molecule has 11 atom stereocenters. The number of nitrogens with zero attached hydrogens (tertiary/aromatic N) is 1. The smallest absolute Gasteiger partial charge is 0.236 e. The van der Waals surface area contributed by atoms with Gasteiger partial charge in [-0.1, -0.05) is 273 Å². The average molecular weight is 1420 g/mol. The zero-order valence-electron chi connectivity index (χ0n) is 58.2. The van der Waals surface area contributed by atoms with E-state index in [1.807, 2.05) is 290 Å². The first-order valence-electron chi connectivity index (χ1n) is 36.0. The van der Waals surface area contributed by atoms with Gasteiger partial charge in [-0.3, -0.25) is 4.79 Å². The number of carbonyl (C=O) groups excluding carboxylic acids is 1. The Morgan fingerprint density at radius 3 is 1.14 bits per heavy atom. The molecule has 0 bridgehead atoms. The Morgan fingerprint density at radius 1 is 0.375 bits per heavy atom. The van der Waals surface area contributed by atoms with Crippen molar-refractivity contribution in [2.24, 2.45) is 5.41 Å². The molecular weight excluding hydrogens is 1330 g/mol. The van der Waals surface area contributed by atoms with Crippen LogP contribution in [0.25, 0.3) is 0 Å². The summed E-state index contributed by atoms with van der Waals surface area (Å²) in [5.41, 5.74) is 6.75. The van der Waals surface area contributed by atoms with Crippen LogP contribution in [0.4, 0.5) is 5.69 Å². The largest absolute Gasteiger partial charge is 0.385 e. The molecule has 3 saturated heterocycles. The molecule has 4 fully saturated rings. The minimum atomic E-state index is -4.28. The summed E-state index contributed by atoms with van der Waals surface area (Å²) in [6.45, 7) is 1.07. The number of aliphatic hydroxyl groups is 1. The Labute approximate surface area is 610 Å². The summed E-state index contributed by atoms with van der Waals surface area (Å²) in [6.07, 6.45) is -8.73. The number of rotatable bonds is 31. The van der Waals surface area contributed by atoms with Crippen LogP contribution in [-0.4, -0.2) is 99.6 Å². The molecule has 4 unspecified atom stereocenters. The molecule has 16 heteroatoms. The van der Waals surface area contributed by atoms with Crippen molar-refractivity contribution in [1.82, 2.24) is 0 Å². The monoisotopic (exact) mass is 1420 g/mol. The molecule has 3 heterocycles. The van der Waals surface area contributed by atoms with Crippen molar-refractivity contribution in [2.75, 3.05) is 23.9 Å². The molecule has 0 radical (unpaired) electrons. The molecule has 10 aromatic rings. The Kier molecular flexibility index (Phi) is 23.9. The number of ether oxygens (including phenoxy) is 10. The number of β-lactam (4-membered cyclic amide) rings is 1. The van der Waals surface area contributed by atoms with E-state index in [-0.39, 0.29) is 70.3 Å². The molecule has 3 aliphatic heterocycles. The van der Waals surface area contributed by atoms with Gasteiger partial charge < -0.3 is 57.4 Å². The van der Waals surface area contributed by atoms with Crippen LogP contribution >= 0.6 is 0 Å². The first kappa shape index (κ1) is 72.1. The van der Waals surface area contributed by atoms with Gasteiger partial charge in [0.15, 0.2) is 16.1 Å². The highest BCUT2D eigenvalue weighted by atomic mass is 32.2. The Balaban J connectivity index is 0.839. The predicted molar refractivity (Wildman–Crippen MR) is 396 cm³/mol. The summed E-state index contributed by atoms with van der Waals surface area (Å²) >= 11 is 0. The lowest BCUT2D eigenvalue weighted by molar-refractivity contribution is -0.362. The number of amides is 1. The lowest BCUT2D eigenvalue weighted by atomic mass is 9.56. The zero-order valence-corrected chi connectivity index (χ0v) is 59.0. The van der Waals surface area contributed by atoms with E-state index in [0.717, 1.165) is 55.8 Å². The van der Waals surface area contributed by atoms with Crippen LogP contribution in [0.5, 0.6) is 0 Å². The van der Waals surface area contributed by atoms with Crippen molar-refractivity contribution in [2.45, 2.75) is 150 Å². The van der Waals surface area contributed by atoms with Crippen LogP contribution in [0.2, 0.25) is 0 Å². The first-order chi connectivity index (χ1) is 51.1. The third-order valence-electron chi connectivity index (χ3n) is 20.5. The number of carbonyl (C=O) groups is 1. The predicted octanol–water partition coefficient (Wildman–Crippen LogP) is 15.2. The van der Waals surface area contributed by atoms with E-state index in [0.29, 0.717) is 25.7 Å². The number of sulfone groups is 1. The second kappa shape index (κ2) is 34.4. The second-order valence-corrected chi connectivity index (χ2v) is 29.5. The van der Waals surface area contributed by atoms with E-state index >= 15 is 8.42 Å². The maximum absolute atomic E-state index is 15.7.